The van der Waals surface area contributed by atoms with Gasteiger partial charge in [0, 0.05) is 56.0 Å². The first-order valence-electron chi connectivity index (χ1n) is 24.2. The molecule has 2 aromatic rings. The molecule has 368 valence electrons. The number of carboxylic acids is 1. The van der Waals surface area contributed by atoms with Gasteiger partial charge in [-0.15, -0.1) is 0 Å². The van der Waals surface area contributed by atoms with Gasteiger partial charge in [-0.05, 0) is 108 Å². The van der Waals surface area contributed by atoms with Crippen LogP contribution in [0.3, 0.4) is 0 Å². The van der Waals surface area contributed by atoms with Gasteiger partial charge in [0.1, 0.15) is 14.1 Å². The van der Waals surface area contributed by atoms with E-state index >= 15 is 0 Å². The summed E-state index contributed by atoms with van der Waals surface area (Å²) in [6.07, 6.45) is 13.3. The van der Waals surface area contributed by atoms with Crippen molar-refractivity contribution < 1.29 is 57.3 Å². The molecule has 0 saturated heterocycles. The van der Waals surface area contributed by atoms with Crippen LogP contribution in [-0.2, 0) is 34.8 Å². The first-order chi connectivity index (χ1) is 32.4. The summed E-state index contributed by atoms with van der Waals surface area (Å²) < 4.78 is 34.6. The third kappa shape index (κ3) is 19.2. The molecule has 4 rings (SSSR count). The summed E-state index contributed by atoms with van der Waals surface area (Å²) in [5.41, 5.74) is 8.15. The molecule has 2 aliphatic carbocycles. The van der Waals surface area contributed by atoms with Crippen LogP contribution in [0.2, 0.25) is 0 Å². The van der Waals surface area contributed by atoms with Gasteiger partial charge in [0.05, 0.1) is 58.8 Å². The second-order valence-corrected chi connectivity index (χ2v) is 17.6. The Morgan fingerprint density at radius 2 is 1.30 bits per heavy atom. The van der Waals surface area contributed by atoms with Crippen LogP contribution in [0.1, 0.15) is 134 Å². The van der Waals surface area contributed by atoms with E-state index in [1.165, 1.54) is 11.6 Å². The van der Waals surface area contributed by atoms with Crippen LogP contribution in [0.15, 0.2) is 65.8 Å². The molecule has 0 aromatic heterocycles. The van der Waals surface area contributed by atoms with Gasteiger partial charge in [-0.25, -0.2) is 14.2 Å². The summed E-state index contributed by atoms with van der Waals surface area (Å²) in [6.45, 7) is 13.5. The number of hydrogen-bond donors (Lipinski definition) is 2. The van der Waals surface area contributed by atoms with Crippen molar-refractivity contribution in [3.05, 3.63) is 99.2 Å². The van der Waals surface area contributed by atoms with Gasteiger partial charge in [0.2, 0.25) is 0 Å². The molecule has 0 spiro atoms. The van der Waals surface area contributed by atoms with Gasteiger partial charge < -0.3 is 49.0 Å². The van der Waals surface area contributed by atoms with Gasteiger partial charge in [0.25, 0.3) is 0 Å². The highest BCUT2D eigenvalue weighted by Gasteiger charge is 2.28. The molecule has 2 aliphatic rings. The van der Waals surface area contributed by atoms with E-state index in [9.17, 15) is 24.3 Å². The molecular formula is C53H75N3O11. The third-order valence-corrected chi connectivity index (χ3v) is 11.7. The molecule has 2 amide bonds. The topological polar surface area (TPSA) is 174 Å². The van der Waals surface area contributed by atoms with E-state index in [1.54, 1.807) is 12.1 Å². The van der Waals surface area contributed by atoms with E-state index in [0.29, 0.717) is 102 Å². The number of carbonyl (C=O) groups excluding carboxylic acids is 4. The lowest BCUT2D eigenvalue weighted by atomic mass is 9.75. The van der Waals surface area contributed by atoms with Crippen LogP contribution < -0.4 is 15.7 Å². The van der Waals surface area contributed by atoms with Crippen LogP contribution in [0.25, 0.3) is 5.57 Å². The van der Waals surface area contributed by atoms with E-state index in [-0.39, 0.29) is 17.8 Å². The lowest BCUT2D eigenvalue weighted by Crippen LogP contribution is -2.28. The van der Waals surface area contributed by atoms with Gasteiger partial charge in [-0.1, -0.05) is 70.9 Å². The lowest BCUT2D eigenvalue weighted by molar-refractivity contribution is -0.462. The Bertz CT molecular complexity index is 2050. The van der Waals surface area contributed by atoms with Crippen molar-refractivity contribution in [1.29, 1.82) is 0 Å². The minimum Gasteiger partial charge on any atom is -0.545 e. The number of amides is 2. The smallest absolute Gasteiger partial charge is 0.407 e. The molecule has 0 radical (unpaired) electrons. The maximum absolute atomic E-state index is 13.2. The number of nitrogens with one attached hydrogen (secondary N) is 2. The fourth-order valence-corrected chi connectivity index (χ4v) is 7.78. The minimum absolute atomic E-state index is 0.0153. The summed E-state index contributed by atoms with van der Waals surface area (Å²) in [5.74, 6) is -0.702. The van der Waals surface area contributed by atoms with Crippen LogP contribution in [0, 0.1) is 5.92 Å². The van der Waals surface area contributed by atoms with Crippen LogP contribution in [0.5, 0.6) is 0 Å². The molecule has 14 heteroatoms. The number of ketones is 1. The second-order valence-electron chi connectivity index (χ2n) is 17.6. The molecule has 0 bridgehead atoms. The van der Waals surface area contributed by atoms with Crippen molar-refractivity contribution in [2.75, 3.05) is 93.3 Å². The number of benzene rings is 2. The maximum atomic E-state index is 13.2. The van der Waals surface area contributed by atoms with Crippen molar-refractivity contribution in [3.8, 4) is 0 Å². The van der Waals surface area contributed by atoms with Gasteiger partial charge in [-0.3, -0.25) is 4.79 Å². The number of allylic oxidation sites excluding steroid dienone is 5. The first kappa shape index (κ1) is 54.5. The number of nitrogens with zero attached hydrogens (tertiary/aromatic N) is 1. The predicted octanol–water partition coefficient (Wildman–Crippen LogP) is 7.61. The molecule has 0 saturated carbocycles. The molecule has 14 nitrogen and oxygen atoms in total. The van der Waals surface area contributed by atoms with Crippen LogP contribution in [-0.4, -0.2) is 127 Å². The first-order valence-corrected chi connectivity index (χ1v) is 24.2. The zero-order valence-corrected chi connectivity index (χ0v) is 40.8. The van der Waals surface area contributed by atoms with Crippen molar-refractivity contribution >= 4 is 35.2 Å². The molecule has 1 unspecified atom stereocenters. The molecule has 0 aliphatic heterocycles. The molecule has 67 heavy (non-hydrogen) atoms. The number of carboxylic acid groups (broad SMARTS) is 1. The van der Waals surface area contributed by atoms with Crippen molar-refractivity contribution in [2.45, 2.75) is 97.8 Å². The SMILES string of the molecule is CCCCOCCOCCNC(=O)OCCCCC(C)CCCOC(=O)NCCOCCOCCCC(=O)c1ccc(C2=C3C=CC(=[N+](C)C)C=C3Cc3cc(C(C)C)ccc32)c(C(=O)[O-])c1. The number of carbonyl (C=O) groups is 4. The molecule has 2 N–H and O–H groups in total. The molecule has 2 aromatic carbocycles. The number of ether oxygens (including phenoxy) is 6. The van der Waals surface area contributed by atoms with Crippen molar-refractivity contribution in [1.82, 2.24) is 10.6 Å². The quantitative estimate of drug-likeness (QED) is 0.0420. The number of unbranched alkanes of at least 4 members (excludes halogenated alkanes) is 2. The Balaban J connectivity index is 1.04. The summed E-state index contributed by atoms with van der Waals surface area (Å²) in [4.78, 5) is 49.8. The van der Waals surface area contributed by atoms with E-state index in [0.717, 1.165) is 91.5 Å². The predicted molar refractivity (Wildman–Crippen MR) is 258 cm³/mol. The van der Waals surface area contributed by atoms with Crippen LogP contribution >= 0.6 is 0 Å². The Kier molecular flexibility index (Phi) is 24.6. The Morgan fingerprint density at radius 3 is 1.93 bits per heavy atom. The zero-order valence-electron chi connectivity index (χ0n) is 40.8. The average Bonchev–Trinajstić information content (AvgIpc) is 3.31. The Morgan fingerprint density at radius 1 is 0.687 bits per heavy atom. The number of rotatable bonds is 32. The monoisotopic (exact) mass is 930 g/mol. The summed E-state index contributed by atoms with van der Waals surface area (Å²) in [6, 6.07) is 11.3. The standard InChI is InChI=1S/C53H75N3O11/c1-7-8-24-62-30-32-64-28-22-54-52(60)66-26-10-9-13-39(4)14-11-27-67-53(61)55-23-29-65-33-31-63-25-12-15-49(57)41-17-20-47(48(37-41)51(58)59)50-45-19-16-40(38(2)3)34-42(45)35-43-36-44(56(5)6)18-21-46(43)50/h16-21,34,36-39H,7-15,22-33,35H2,1-6H3,(H2-,54,55,58,59,60,61). The number of aromatic carboxylic acids is 1. The van der Waals surface area contributed by atoms with Gasteiger partial charge in [-0.2, -0.15) is 0 Å². The molecule has 1 atom stereocenters. The highest BCUT2D eigenvalue weighted by molar-refractivity contribution is 6.08. The van der Waals surface area contributed by atoms with Gasteiger partial charge >= 0.3 is 12.2 Å². The van der Waals surface area contributed by atoms with E-state index in [4.69, 9.17) is 28.4 Å². The highest BCUT2D eigenvalue weighted by Crippen LogP contribution is 2.42. The highest BCUT2D eigenvalue weighted by atomic mass is 16.6. The Labute approximate surface area is 398 Å². The van der Waals surface area contributed by atoms with Crippen LogP contribution in [0.4, 0.5) is 9.59 Å². The van der Waals surface area contributed by atoms with E-state index in [1.807, 2.05) is 20.2 Å². The fraction of sp³-hybridized carbons (Fsp3) is 0.566. The number of fused-ring (bicyclic) bond motifs is 2. The number of hydrogen-bond acceptors (Lipinski definition) is 11. The number of alkyl carbamates (subject to hydrolysis) is 2. The van der Waals surface area contributed by atoms with E-state index in [2.05, 4.69) is 73.3 Å². The number of Topliss-reactive ketones (excluding diaryl/α,β-unsaturated/α-hetero) is 1. The third-order valence-electron chi connectivity index (χ3n) is 11.7. The van der Waals surface area contributed by atoms with Crippen molar-refractivity contribution in [3.63, 3.8) is 0 Å². The largest absolute Gasteiger partial charge is 0.545 e. The van der Waals surface area contributed by atoms with Gasteiger partial charge in [0.15, 0.2) is 11.5 Å². The lowest BCUT2D eigenvalue weighted by Gasteiger charge is -2.28. The summed E-state index contributed by atoms with van der Waals surface area (Å²) in [7, 11) is 4.00. The Hall–Kier alpha value is -5.15. The average molecular weight is 930 g/mol. The van der Waals surface area contributed by atoms with Crippen molar-refractivity contribution in [2.24, 2.45) is 5.92 Å². The fourth-order valence-electron chi connectivity index (χ4n) is 7.78. The molecule has 0 heterocycles. The van der Waals surface area contributed by atoms with E-state index < -0.39 is 18.2 Å². The maximum Gasteiger partial charge on any atom is 0.407 e. The summed E-state index contributed by atoms with van der Waals surface area (Å²) >= 11 is 0. The minimum atomic E-state index is -1.33. The molecule has 0 fully saturated rings. The summed E-state index contributed by atoms with van der Waals surface area (Å²) in [5, 5.41) is 18.0. The zero-order chi connectivity index (χ0) is 48.4. The molecular weight excluding hydrogens is 855 g/mol. The second kappa shape index (κ2) is 30.3. The normalized spacial score (nSPS) is 13.5.